The molecule has 1 aliphatic heterocycles. The number of carbonyl (C=O) groups is 1. The molecule has 1 heterocycles. The first-order chi connectivity index (χ1) is 11.9. The summed E-state index contributed by atoms with van der Waals surface area (Å²) in [7, 11) is 0. The van der Waals surface area contributed by atoms with Gasteiger partial charge in [0, 0.05) is 18.1 Å². The van der Waals surface area contributed by atoms with Crippen LogP contribution in [0.1, 0.15) is 23.7 Å². The number of benzene rings is 2. The molecule has 2 N–H and O–H groups in total. The molecule has 2 aromatic rings. The Morgan fingerprint density at radius 2 is 1.96 bits per heavy atom. The molecule has 0 aromatic heterocycles. The molecule has 140 valence electrons. The third kappa shape index (κ3) is 4.44. The maximum atomic E-state index is 13.0. The molecular weight excluding hydrogens is 395 g/mol. The molecule has 1 saturated heterocycles. The van der Waals surface area contributed by atoms with Crippen molar-refractivity contribution in [3.63, 3.8) is 0 Å². The standard InChI is InChI=1S/C19H20Cl2N2O2.ClH/c1-19(11-22)8-9-23(12-19)18(24)14-4-2-3-5-16(14)25-17-7-6-13(20)10-15(17)21;/h2-7,10H,8-9,11-12,22H2,1H3;1H. The van der Waals surface area contributed by atoms with E-state index in [0.29, 0.717) is 46.7 Å². The lowest BCUT2D eigenvalue weighted by molar-refractivity contribution is 0.0774. The zero-order valence-corrected chi connectivity index (χ0v) is 16.7. The van der Waals surface area contributed by atoms with Crippen molar-refractivity contribution < 1.29 is 9.53 Å². The van der Waals surface area contributed by atoms with E-state index in [4.69, 9.17) is 33.7 Å². The number of para-hydroxylation sites is 1. The third-order valence-corrected chi connectivity index (χ3v) is 5.10. The summed E-state index contributed by atoms with van der Waals surface area (Å²) >= 11 is 12.1. The largest absolute Gasteiger partial charge is 0.455 e. The van der Waals surface area contributed by atoms with E-state index in [0.717, 1.165) is 6.42 Å². The maximum absolute atomic E-state index is 13.0. The van der Waals surface area contributed by atoms with Crippen LogP contribution in [0.2, 0.25) is 10.0 Å². The average molecular weight is 416 g/mol. The topological polar surface area (TPSA) is 55.6 Å². The van der Waals surface area contributed by atoms with Crippen molar-refractivity contribution in [2.24, 2.45) is 11.1 Å². The molecule has 4 nitrogen and oxygen atoms in total. The quantitative estimate of drug-likeness (QED) is 0.763. The number of nitrogens with two attached hydrogens (primary N) is 1. The Hall–Kier alpha value is -1.46. The molecule has 1 atom stereocenters. The van der Waals surface area contributed by atoms with E-state index in [1.54, 1.807) is 30.3 Å². The van der Waals surface area contributed by atoms with Crippen molar-refractivity contribution in [2.75, 3.05) is 19.6 Å². The molecule has 3 rings (SSSR count). The van der Waals surface area contributed by atoms with Crippen LogP contribution < -0.4 is 10.5 Å². The monoisotopic (exact) mass is 414 g/mol. The lowest BCUT2D eigenvalue weighted by Gasteiger charge is -2.23. The van der Waals surface area contributed by atoms with Crippen molar-refractivity contribution in [3.05, 3.63) is 58.1 Å². The van der Waals surface area contributed by atoms with Crippen LogP contribution in [-0.4, -0.2) is 30.4 Å². The summed E-state index contributed by atoms with van der Waals surface area (Å²) in [6.07, 6.45) is 0.904. The number of amides is 1. The Bertz CT molecular complexity index is 800. The van der Waals surface area contributed by atoms with Gasteiger partial charge in [0.1, 0.15) is 11.5 Å². The zero-order valence-electron chi connectivity index (χ0n) is 14.4. The number of carbonyl (C=O) groups excluding carboxylic acids is 1. The molecule has 1 amide bonds. The predicted octanol–water partition coefficient (Wildman–Crippen LogP) is 5.02. The molecule has 7 heteroatoms. The summed E-state index contributed by atoms with van der Waals surface area (Å²) in [6.45, 7) is 4.02. The molecule has 1 unspecified atom stereocenters. The molecule has 2 aromatic carbocycles. The van der Waals surface area contributed by atoms with Crippen molar-refractivity contribution in [3.8, 4) is 11.5 Å². The minimum atomic E-state index is -0.0575. The number of rotatable bonds is 4. The van der Waals surface area contributed by atoms with Gasteiger partial charge in [-0.2, -0.15) is 0 Å². The zero-order chi connectivity index (χ0) is 18.0. The molecule has 26 heavy (non-hydrogen) atoms. The fraction of sp³-hybridized carbons (Fsp3) is 0.316. The minimum absolute atomic E-state index is 0. The lowest BCUT2D eigenvalue weighted by Crippen LogP contribution is -2.34. The Balaban J connectivity index is 0.00000243. The van der Waals surface area contributed by atoms with Crippen LogP contribution in [0, 0.1) is 5.41 Å². The van der Waals surface area contributed by atoms with Gasteiger partial charge in [-0.05, 0) is 48.7 Å². The Kier molecular flexibility index (Phi) is 6.80. The molecule has 0 bridgehead atoms. The van der Waals surface area contributed by atoms with Gasteiger partial charge in [-0.25, -0.2) is 0 Å². The van der Waals surface area contributed by atoms with E-state index in [-0.39, 0.29) is 23.7 Å². The van der Waals surface area contributed by atoms with Gasteiger partial charge in [-0.3, -0.25) is 4.79 Å². The Labute approximate surface area is 169 Å². The molecule has 0 spiro atoms. The van der Waals surface area contributed by atoms with Crippen molar-refractivity contribution in [1.82, 2.24) is 4.90 Å². The number of hydrogen-bond donors (Lipinski definition) is 1. The fourth-order valence-electron chi connectivity index (χ4n) is 2.94. The molecule has 1 aliphatic rings. The fourth-order valence-corrected chi connectivity index (χ4v) is 3.39. The van der Waals surface area contributed by atoms with Crippen molar-refractivity contribution in [1.29, 1.82) is 0 Å². The van der Waals surface area contributed by atoms with Crippen LogP contribution in [0.25, 0.3) is 0 Å². The van der Waals surface area contributed by atoms with Crippen molar-refractivity contribution >= 4 is 41.5 Å². The minimum Gasteiger partial charge on any atom is -0.455 e. The summed E-state index contributed by atoms with van der Waals surface area (Å²) in [5.41, 5.74) is 6.33. The highest BCUT2D eigenvalue weighted by atomic mass is 35.5. The summed E-state index contributed by atoms with van der Waals surface area (Å²) in [5.74, 6) is 0.871. The van der Waals surface area contributed by atoms with E-state index in [9.17, 15) is 4.79 Å². The average Bonchev–Trinajstić information content (AvgIpc) is 3.00. The number of nitrogens with zero attached hydrogens (tertiary/aromatic N) is 1. The van der Waals surface area contributed by atoms with E-state index in [1.165, 1.54) is 0 Å². The summed E-state index contributed by atoms with van der Waals surface area (Å²) < 4.78 is 5.89. The van der Waals surface area contributed by atoms with E-state index >= 15 is 0 Å². The highest BCUT2D eigenvalue weighted by molar-refractivity contribution is 6.35. The van der Waals surface area contributed by atoms with Crippen LogP contribution in [0.5, 0.6) is 11.5 Å². The molecule has 1 fully saturated rings. The first-order valence-electron chi connectivity index (χ1n) is 8.13. The Morgan fingerprint density at radius 3 is 2.62 bits per heavy atom. The van der Waals surface area contributed by atoms with Gasteiger partial charge in [0.25, 0.3) is 5.91 Å². The van der Waals surface area contributed by atoms with Crippen LogP contribution in [0.3, 0.4) is 0 Å². The summed E-state index contributed by atoms with van der Waals surface area (Å²) in [5, 5.41) is 0.923. The lowest BCUT2D eigenvalue weighted by atomic mass is 9.90. The van der Waals surface area contributed by atoms with E-state index in [1.807, 2.05) is 17.0 Å². The molecular formula is C19H21Cl3N2O2. The number of ether oxygens (including phenoxy) is 1. The van der Waals surface area contributed by atoms with E-state index < -0.39 is 0 Å². The van der Waals surface area contributed by atoms with Gasteiger partial charge in [-0.1, -0.05) is 42.3 Å². The second-order valence-electron chi connectivity index (χ2n) is 6.66. The molecule has 0 saturated carbocycles. The van der Waals surface area contributed by atoms with Gasteiger partial charge in [0.15, 0.2) is 0 Å². The van der Waals surface area contributed by atoms with Crippen LogP contribution in [-0.2, 0) is 0 Å². The number of hydrogen-bond acceptors (Lipinski definition) is 3. The van der Waals surface area contributed by atoms with Gasteiger partial charge >= 0.3 is 0 Å². The molecule has 0 aliphatic carbocycles. The van der Waals surface area contributed by atoms with Gasteiger partial charge in [0.2, 0.25) is 0 Å². The van der Waals surface area contributed by atoms with Crippen LogP contribution in [0.15, 0.2) is 42.5 Å². The van der Waals surface area contributed by atoms with Crippen LogP contribution >= 0.6 is 35.6 Å². The second kappa shape index (κ2) is 8.49. The number of likely N-dealkylation sites (tertiary alicyclic amines) is 1. The summed E-state index contributed by atoms with van der Waals surface area (Å²) in [4.78, 5) is 14.8. The second-order valence-corrected chi connectivity index (χ2v) is 7.51. The third-order valence-electron chi connectivity index (χ3n) is 4.57. The first-order valence-corrected chi connectivity index (χ1v) is 8.89. The number of halogens is 3. The summed E-state index contributed by atoms with van der Waals surface area (Å²) in [6, 6.07) is 12.2. The first kappa shape index (κ1) is 20.8. The predicted molar refractivity (Wildman–Crippen MR) is 108 cm³/mol. The van der Waals surface area contributed by atoms with Crippen molar-refractivity contribution in [2.45, 2.75) is 13.3 Å². The Morgan fingerprint density at radius 1 is 1.23 bits per heavy atom. The van der Waals surface area contributed by atoms with Crippen LogP contribution in [0.4, 0.5) is 0 Å². The van der Waals surface area contributed by atoms with Gasteiger partial charge < -0.3 is 15.4 Å². The van der Waals surface area contributed by atoms with E-state index in [2.05, 4.69) is 6.92 Å². The molecule has 0 radical (unpaired) electrons. The van der Waals surface area contributed by atoms with Gasteiger partial charge in [-0.15, -0.1) is 12.4 Å². The highest BCUT2D eigenvalue weighted by Crippen LogP contribution is 2.35. The SMILES string of the molecule is CC1(CN)CCN(C(=O)c2ccccc2Oc2ccc(Cl)cc2Cl)C1.Cl. The highest BCUT2D eigenvalue weighted by Gasteiger charge is 2.35. The normalized spacial score (nSPS) is 19.2. The van der Waals surface area contributed by atoms with Gasteiger partial charge in [0.05, 0.1) is 10.6 Å². The smallest absolute Gasteiger partial charge is 0.257 e. The maximum Gasteiger partial charge on any atom is 0.257 e.